The van der Waals surface area contributed by atoms with Crippen molar-refractivity contribution in [1.29, 1.82) is 0 Å². The zero-order chi connectivity index (χ0) is 11.4. The third-order valence-electron chi connectivity index (χ3n) is 1.53. The molecular formula is C8H8Cl2N2O3. The molecule has 0 saturated carbocycles. The summed E-state index contributed by atoms with van der Waals surface area (Å²) in [4.78, 5) is 22.5. The van der Waals surface area contributed by atoms with Crippen LogP contribution in [0.1, 0.15) is 6.92 Å². The Balaban J connectivity index is 2.92. The van der Waals surface area contributed by atoms with Crippen LogP contribution in [0.25, 0.3) is 0 Å². The number of halogens is 2. The molecule has 0 unspecified atom stereocenters. The van der Waals surface area contributed by atoms with E-state index in [4.69, 9.17) is 23.2 Å². The summed E-state index contributed by atoms with van der Waals surface area (Å²) in [5, 5.41) is 3.55. The lowest BCUT2D eigenvalue weighted by molar-refractivity contribution is -0.144. The van der Waals surface area contributed by atoms with Crippen LogP contribution in [0.3, 0.4) is 0 Å². The quantitative estimate of drug-likeness (QED) is 0.755. The van der Waals surface area contributed by atoms with E-state index < -0.39 is 11.5 Å². The lowest BCUT2D eigenvalue weighted by atomic mass is 10.5. The molecule has 5 nitrogen and oxygen atoms in total. The first-order chi connectivity index (χ1) is 7.06. The minimum absolute atomic E-state index is 0.0572. The Bertz CT molecular complexity index is 430. The second kappa shape index (κ2) is 5.14. The Kier molecular flexibility index (Phi) is 4.11. The molecule has 0 N–H and O–H groups in total. The Morgan fingerprint density at radius 1 is 1.60 bits per heavy atom. The molecule has 0 spiro atoms. The zero-order valence-electron chi connectivity index (χ0n) is 7.87. The third-order valence-corrected chi connectivity index (χ3v) is 2.28. The van der Waals surface area contributed by atoms with Crippen molar-refractivity contribution in [2.75, 3.05) is 6.61 Å². The van der Waals surface area contributed by atoms with Gasteiger partial charge < -0.3 is 4.74 Å². The molecule has 0 bridgehead atoms. The monoisotopic (exact) mass is 250 g/mol. The van der Waals surface area contributed by atoms with Gasteiger partial charge in [-0.05, 0) is 6.92 Å². The number of hydrogen-bond donors (Lipinski definition) is 0. The van der Waals surface area contributed by atoms with Gasteiger partial charge in [0.1, 0.15) is 11.6 Å². The average Bonchev–Trinajstić information content (AvgIpc) is 2.20. The number of carbonyl (C=O) groups excluding carboxylic acids is 1. The molecule has 0 aliphatic rings. The molecule has 0 aliphatic heterocycles. The van der Waals surface area contributed by atoms with Crippen molar-refractivity contribution in [3.05, 3.63) is 26.6 Å². The minimum Gasteiger partial charge on any atom is -0.465 e. The molecule has 0 radical (unpaired) electrons. The summed E-state index contributed by atoms with van der Waals surface area (Å²) in [6.07, 6.45) is 1.20. The number of carbonyl (C=O) groups is 1. The molecular weight excluding hydrogens is 243 g/mol. The predicted molar refractivity (Wildman–Crippen MR) is 55.2 cm³/mol. The van der Waals surface area contributed by atoms with E-state index >= 15 is 0 Å². The smallest absolute Gasteiger partial charge is 0.327 e. The first-order valence-electron chi connectivity index (χ1n) is 4.13. The maximum absolute atomic E-state index is 11.4. The van der Waals surface area contributed by atoms with Gasteiger partial charge in [0.2, 0.25) is 0 Å². The van der Waals surface area contributed by atoms with E-state index in [0.29, 0.717) is 0 Å². The lowest BCUT2D eigenvalue weighted by Gasteiger charge is -2.04. The number of hydrogen-bond acceptors (Lipinski definition) is 4. The summed E-state index contributed by atoms with van der Waals surface area (Å²) in [5.41, 5.74) is -0.614. The van der Waals surface area contributed by atoms with Gasteiger partial charge in [0.15, 0.2) is 0 Å². The van der Waals surface area contributed by atoms with Crippen molar-refractivity contribution in [2.24, 2.45) is 0 Å². The van der Waals surface area contributed by atoms with Crippen molar-refractivity contribution in [3.63, 3.8) is 0 Å². The van der Waals surface area contributed by atoms with Gasteiger partial charge in [-0.1, -0.05) is 23.2 Å². The second-order valence-corrected chi connectivity index (χ2v) is 3.36. The van der Waals surface area contributed by atoms with Crippen molar-refractivity contribution in [3.8, 4) is 0 Å². The highest BCUT2D eigenvalue weighted by Crippen LogP contribution is 2.14. The van der Waals surface area contributed by atoms with E-state index in [2.05, 4.69) is 9.84 Å². The number of aromatic nitrogens is 2. The molecule has 0 amide bonds. The van der Waals surface area contributed by atoms with Gasteiger partial charge in [-0.3, -0.25) is 9.59 Å². The van der Waals surface area contributed by atoms with Gasteiger partial charge in [-0.25, -0.2) is 4.68 Å². The van der Waals surface area contributed by atoms with Crippen LogP contribution < -0.4 is 5.56 Å². The summed E-state index contributed by atoms with van der Waals surface area (Å²) in [6, 6.07) is 0. The largest absolute Gasteiger partial charge is 0.465 e. The maximum atomic E-state index is 11.4. The predicted octanol–water partition coefficient (Wildman–Crippen LogP) is 1.11. The van der Waals surface area contributed by atoms with Crippen LogP contribution in [0.5, 0.6) is 0 Å². The first kappa shape index (κ1) is 12.0. The Morgan fingerprint density at radius 3 is 2.87 bits per heavy atom. The summed E-state index contributed by atoms with van der Waals surface area (Å²) < 4.78 is 5.55. The molecule has 0 aliphatic carbocycles. The molecule has 1 rings (SSSR count). The maximum Gasteiger partial charge on any atom is 0.327 e. The van der Waals surface area contributed by atoms with Crippen LogP contribution in [-0.2, 0) is 16.1 Å². The van der Waals surface area contributed by atoms with Gasteiger partial charge in [0.25, 0.3) is 5.56 Å². The van der Waals surface area contributed by atoms with Crippen LogP contribution in [-0.4, -0.2) is 22.4 Å². The van der Waals surface area contributed by atoms with E-state index in [-0.39, 0.29) is 23.2 Å². The number of nitrogens with zero attached hydrogens (tertiary/aromatic N) is 2. The standard InChI is InChI=1S/C8H8Cl2N2O3/c1-2-15-6(13)4-12-8(14)7(10)5(9)3-11-12/h3H,2,4H2,1H3. The summed E-state index contributed by atoms with van der Waals surface area (Å²) in [7, 11) is 0. The Labute approximate surface area is 95.6 Å². The van der Waals surface area contributed by atoms with Gasteiger partial charge >= 0.3 is 5.97 Å². The van der Waals surface area contributed by atoms with Crippen LogP contribution in [0, 0.1) is 0 Å². The molecule has 0 aromatic carbocycles. The number of esters is 1. The molecule has 15 heavy (non-hydrogen) atoms. The van der Waals surface area contributed by atoms with E-state index in [1.165, 1.54) is 6.20 Å². The highest BCUT2D eigenvalue weighted by atomic mass is 35.5. The third kappa shape index (κ3) is 2.94. The highest BCUT2D eigenvalue weighted by Gasteiger charge is 2.10. The van der Waals surface area contributed by atoms with Crippen molar-refractivity contribution in [1.82, 2.24) is 9.78 Å². The van der Waals surface area contributed by atoms with Gasteiger partial charge in [0, 0.05) is 0 Å². The fraction of sp³-hybridized carbons (Fsp3) is 0.375. The summed E-state index contributed by atoms with van der Waals surface area (Å²) in [6.45, 7) is 1.64. The van der Waals surface area contributed by atoms with E-state index in [9.17, 15) is 9.59 Å². The molecule has 1 aromatic rings. The minimum atomic E-state index is -0.614. The fourth-order valence-electron chi connectivity index (χ4n) is 0.886. The molecule has 1 aromatic heterocycles. The van der Waals surface area contributed by atoms with Gasteiger partial charge in [-0.15, -0.1) is 0 Å². The van der Waals surface area contributed by atoms with Crippen LogP contribution in [0.2, 0.25) is 10.0 Å². The van der Waals surface area contributed by atoms with Crippen LogP contribution in [0.15, 0.2) is 11.0 Å². The zero-order valence-corrected chi connectivity index (χ0v) is 9.38. The molecule has 1 heterocycles. The second-order valence-electron chi connectivity index (χ2n) is 2.57. The molecule has 0 atom stereocenters. The fourth-order valence-corrected chi connectivity index (χ4v) is 1.16. The summed E-state index contributed by atoms with van der Waals surface area (Å²) >= 11 is 11.1. The number of rotatable bonds is 3. The normalized spacial score (nSPS) is 10.1. The Morgan fingerprint density at radius 2 is 2.27 bits per heavy atom. The lowest BCUT2D eigenvalue weighted by Crippen LogP contribution is -2.27. The van der Waals surface area contributed by atoms with Crippen molar-refractivity contribution >= 4 is 29.2 Å². The molecule has 82 valence electrons. The number of ether oxygens (including phenoxy) is 1. The van der Waals surface area contributed by atoms with E-state index in [0.717, 1.165) is 4.68 Å². The average molecular weight is 251 g/mol. The SMILES string of the molecule is CCOC(=O)Cn1ncc(Cl)c(Cl)c1=O. The topological polar surface area (TPSA) is 61.2 Å². The van der Waals surface area contributed by atoms with E-state index in [1.807, 2.05) is 0 Å². The van der Waals surface area contributed by atoms with Crippen molar-refractivity contribution in [2.45, 2.75) is 13.5 Å². The molecule has 0 fully saturated rings. The molecule has 0 saturated heterocycles. The van der Waals surface area contributed by atoms with Crippen LogP contribution in [0.4, 0.5) is 0 Å². The van der Waals surface area contributed by atoms with Crippen LogP contribution >= 0.6 is 23.2 Å². The highest BCUT2D eigenvalue weighted by molar-refractivity contribution is 6.41. The first-order valence-corrected chi connectivity index (χ1v) is 4.88. The Hall–Kier alpha value is -1.07. The van der Waals surface area contributed by atoms with Gasteiger partial charge in [0.05, 0.1) is 17.8 Å². The van der Waals surface area contributed by atoms with Gasteiger partial charge in [-0.2, -0.15) is 5.10 Å². The molecule has 7 heteroatoms. The van der Waals surface area contributed by atoms with Crippen molar-refractivity contribution < 1.29 is 9.53 Å². The summed E-state index contributed by atoms with van der Waals surface area (Å²) in [5.74, 6) is -0.550. The van der Waals surface area contributed by atoms with E-state index in [1.54, 1.807) is 6.92 Å².